The molecule has 2 aliphatic rings. The molecule has 118 valence electrons. The lowest BCUT2D eigenvalue weighted by Gasteiger charge is -2.32. The Morgan fingerprint density at radius 1 is 1.23 bits per heavy atom. The van der Waals surface area contributed by atoms with E-state index in [-0.39, 0.29) is 17.7 Å². The molecule has 3 atom stereocenters. The molecule has 3 rings (SSSR count). The highest BCUT2D eigenvalue weighted by atomic mass is 16.2. The molecular weight excluding hydrogens is 278 g/mol. The molecule has 1 heterocycles. The number of anilines is 1. The van der Waals surface area contributed by atoms with Crippen LogP contribution in [0.15, 0.2) is 24.3 Å². The minimum Gasteiger partial charge on any atom is -0.336 e. The molecule has 0 aromatic heterocycles. The minimum absolute atomic E-state index is 0.0574. The number of carbonyl (C=O) groups excluding carboxylic acids is 2. The van der Waals surface area contributed by atoms with Crippen LogP contribution >= 0.6 is 0 Å². The quantitative estimate of drug-likeness (QED) is 0.893. The first-order valence-electron chi connectivity index (χ1n) is 7.98. The fourth-order valence-electron chi connectivity index (χ4n) is 2.92. The summed E-state index contributed by atoms with van der Waals surface area (Å²) >= 11 is 0. The Labute approximate surface area is 131 Å². The molecule has 0 radical (unpaired) electrons. The molecule has 2 fully saturated rings. The maximum atomic E-state index is 12.5. The molecular formula is C17H23N3O2. The number of nitrogens with zero attached hydrogens (tertiary/aromatic N) is 1. The average Bonchev–Trinajstić information content (AvgIpc) is 3.24. The van der Waals surface area contributed by atoms with Gasteiger partial charge in [0.15, 0.2) is 0 Å². The van der Waals surface area contributed by atoms with Crippen LogP contribution in [0.5, 0.6) is 0 Å². The summed E-state index contributed by atoms with van der Waals surface area (Å²) in [6.07, 6.45) is 0.976. The lowest BCUT2D eigenvalue weighted by atomic mass is 10.1. The van der Waals surface area contributed by atoms with E-state index in [0.717, 1.165) is 31.7 Å². The second kappa shape index (κ2) is 6.08. The lowest BCUT2D eigenvalue weighted by molar-refractivity contribution is -0.117. The molecule has 2 N–H and O–H groups in total. The molecule has 5 nitrogen and oxygen atoms in total. The number of nitrogens with one attached hydrogen (secondary N) is 2. The van der Waals surface area contributed by atoms with Gasteiger partial charge < -0.3 is 15.5 Å². The summed E-state index contributed by atoms with van der Waals surface area (Å²) in [5.41, 5.74) is 1.43. The first kappa shape index (κ1) is 15.0. The number of hydrogen-bond acceptors (Lipinski definition) is 3. The summed E-state index contributed by atoms with van der Waals surface area (Å²) in [6.45, 7) is 6.47. The van der Waals surface area contributed by atoms with E-state index in [2.05, 4.69) is 24.5 Å². The van der Waals surface area contributed by atoms with Gasteiger partial charge in [-0.05, 0) is 43.5 Å². The van der Waals surface area contributed by atoms with E-state index in [0.29, 0.717) is 17.5 Å². The number of amides is 2. The molecule has 1 aliphatic heterocycles. The van der Waals surface area contributed by atoms with Crippen LogP contribution in [0.4, 0.5) is 5.69 Å². The normalized spacial score (nSPS) is 27.4. The lowest BCUT2D eigenvalue weighted by Crippen LogP contribution is -2.51. The zero-order chi connectivity index (χ0) is 15.7. The second-order valence-corrected chi connectivity index (χ2v) is 6.49. The second-order valence-electron chi connectivity index (χ2n) is 6.49. The van der Waals surface area contributed by atoms with Crippen molar-refractivity contribution < 1.29 is 9.59 Å². The van der Waals surface area contributed by atoms with E-state index >= 15 is 0 Å². The molecule has 0 bridgehead atoms. The van der Waals surface area contributed by atoms with Crippen molar-refractivity contribution in [2.45, 2.75) is 26.3 Å². The average molecular weight is 301 g/mol. The van der Waals surface area contributed by atoms with Gasteiger partial charge in [-0.25, -0.2) is 0 Å². The van der Waals surface area contributed by atoms with Gasteiger partial charge in [0, 0.05) is 42.8 Å². The predicted molar refractivity (Wildman–Crippen MR) is 85.7 cm³/mol. The van der Waals surface area contributed by atoms with E-state index in [1.165, 1.54) is 0 Å². The number of rotatable bonds is 3. The summed E-state index contributed by atoms with van der Waals surface area (Å²) in [4.78, 5) is 26.2. The van der Waals surface area contributed by atoms with Crippen molar-refractivity contribution in [2.75, 3.05) is 25.0 Å². The van der Waals surface area contributed by atoms with Gasteiger partial charge in [-0.2, -0.15) is 0 Å². The SMILES string of the molecule is CC1CN(C(=O)c2ccc(NC(=O)C3CC3C)cc2)CCN1. The fraction of sp³-hybridized carbons (Fsp3) is 0.529. The van der Waals surface area contributed by atoms with Crippen LogP contribution in [0.25, 0.3) is 0 Å². The molecule has 2 amide bonds. The van der Waals surface area contributed by atoms with Crippen LogP contribution in [-0.4, -0.2) is 42.4 Å². The van der Waals surface area contributed by atoms with Crippen LogP contribution in [0.3, 0.4) is 0 Å². The van der Waals surface area contributed by atoms with Gasteiger partial charge >= 0.3 is 0 Å². The molecule has 1 aromatic carbocycles. The Morgan fingerprint density at radius 3 is 2.50 bits per heavy atom. The fourth-order valence-corrected chi connectivity index (χ4v) is 2.92. The monoisotopic (exact) mass is 301 g/mol. The molecule has 5 heteroatoms. The first-order valence-corrected chi connectivity index (χ1v) is 7.98. The van der Waals surface area contributed by atoms with E-state index in [9.17, 15) is 9.59 Å². The van der Waals surface area contributed by atoms with Crippen LogP contribution in [-0.2, 0) is 4.79 Å². The summed E-state index contributed by atoms with van der Waals surface area (Å²) in [5, 5.41) is 6.24. The topological polar surface area (TPSA) is 61.4 Å². The van der Waals surface area contributed by atoms with Crippen molar-refractivity contribution in [2.24, 2.45) is 11.8 Å². The van der Waals surface area contributed by atoms with Crippen molar-refractivity contribution in [1.29, 1.82) is 0 Å². The molecule has 1 aromatic rings. The number of piperazine rings is 1. The Kier molecular flexibility index (Phi) is 4.16. The third-order valence-corrected chi connectivity index (χ3v) is 4.50. The summed E-state index contributed by atoms with van der Waals surface area (Å²) < 4.78 is 0. The highest BCUT2D eigenvalue weighted by Gasteiger charge is 2.39. The van der Waals surface area contributed by atoms with Gasteiger partial charge in [0.25, 0.3) is 5.91 Å². The van der Waals surface area contributed by atoms with Gasteiger partial charge in [0.1, 0.15) is 0 Å². The number of carbonyl (C=O) groups is 2. The van der Waals surface area contributed by atoms with Crippen molar-refractivity contribution in [1.82, 2.24) is 10.2 Å². The van der Waals surface area contributed by atoms with Crippen LogP contribution in [0.1, 0.15) is 30.6 Å². The van der Waals surface area contributed by atoms with E-state index in [4.69, 9.17) is 0 Å². The minimum atomic E-state index is 0.0574. The van der Waals surface area contributed by atoms with Gasteiger partial charge in [-0.3, -0.25) is 9.59 Å². The molecule has 0 spiro atoms. The van der Waals surface area contributed by atoms with Crippen molar-refractivity contribution in [3.8, 4) is 0 Å². The van der Waals surface area contributed by atoms with Crippen molar-refractivity contribution >= 4 is 17.5 Å². The smallest absolute Gasteiger partial charge is 0.253 e. The predicted octanol–water partition coefficient (Wildman–Crippen LogP) is 1.71. The number of hydrogen-bond donors (Lipinski definition) is 2. The standard InChI is InChI=1S/C17H23N3O2/c1-11-9-15(11)16(21)19-14-5-3-13(4-6-14)17(22)20-8-7-18-12(2)10-20/h3-6,11-12,15,18H,7-10H2,1-2H3,(H,19,21). The molecule has 1 aliphatic carbocycles. The Morgan fingerprint density at radius 2 is 1.91 bits per heavy atom. The van der Waals surface area contributed by atoms with Gasteiger partial charge in [-0.1, -0.05) is 6.92 Å². The van der Waals surface area contributed by atoms with Crippen LogP contribution < -0.4 is 10.6 Å². The van der Waals surface area contributed by atoms with E-state index < -0.39 is 0 Å². The molecule has 1 saturated heterocycles. The van der Waals surface area contributed by atoms with E-state index in [1.54, 1.807) is 12.1 Å². The molecule has 1 saturated carbocycles. The van der Waals surface area contributed by atoms with Crippen LogP contribution in [0, 0.1) is 11.8 Å². The maximum Gasteiger partial charge on any atom is 0.253 e. The highest BCUT2D eigenvalue weighted by Crippen LogP contribution is 2.38. The van der Waals surface area contributed by atoms with Gasteiger partial charge in [0.2, 0.25) is 5.91 Å². The van der Waals surface area contributed by atoms with Crippen LogP contribution in [0.2, 0.25) is 0 Å². The third kappa shape index (κ3) is 3.30. The zero-order valence-electron chi connectivity index (χ0n) is 13.1. The summed E-state index contributed by atoms with van der Waals surface area (Å²) in [5.74, 6) is 0.795. The Balaban J connectivity index is 1.61. The number of benzene rings is 1. The van der Waals surface area contributed by atoms with Gasteiger partial charge in [0.05, 0.1) is 0 Å². The third-order valence-electron chi connectivity index (χ3n) is 4.50. The largest absolute Gasteiger partial charge is 0.336 e. The van der Waals surface area contributed by atoms with Crippen molar-refractivity contribution in [3.63, 3.8) is 0 Å². The maximum absolute atomic E-state index is 12.5. The first-order chi connectivity index (χ1) is 10.5. The Bertz CT molecular complexity index is 570. The van der Waals surface area contributed by atoms with E-state index in [1.807, 2.05) is 17.0 Å². The van der Waals surface area contributed by atoms with Gasteiger partial charge in [-0.15, -0.1) is 0 Å². The molecule has 22 heavy (non-hydrogen) atoms. The molecule has 3 unspecified atom stereocenters. The zero-order valence-corrected chi connectivity index (χ0v) is 13.1. The Hall–Kier alpha value is -1.88. The summed E-state index contributed by atoms with van der Waals surface area (Å²) in [6, 6.07) is 7.53. The highest BCUT2D eigenvalue weighted by molar-refractivity contribution is 5.97. The summed E-state index contributed by atoms with van der Waals surface area (Å²) in [7, 11) is 0. The van der Waals surface area contributed by atoms with Crippen molar-refractivity contribution in [3.05, 3.63) is 29.8 Å².